The second-order valence-corrected chi connectivity index (χ2v) is 1.86. The Morgan fingerprint density at radius 2 is 2.29 bits per heavy atom. The molecule has 0 aliphatic heterocycles. The van der Waals surface area contributed by atoms with E-state index in [9.17, 15) is 0 Å². The van der Waals surface area contributed by atoms with Crippen molar-refractivity contribution in [3.05, 3.63) is 0 Å². The molecule has 0 spiro atoms. The molecule has 0 atom stereocenters. The molecule has 1 fully saturated rings. The van der Waals surface area contributed by atoms with Gasteiger partial charge in [0.2, 0.25) is 0 Å². The molecule has 1 nitrogen and oxygen atoms in total. The summed E-state index contributed by atoms with van der Waals surface area (Å²) in [5.74, 6) is 0. The summed E-state index contributed by atoms with van der Waals surface area (Å²) in [6.45, 7) is 0.741. The largest absolute Gasteiger partial charge is 0.379 e. The molecule has 1 aliphatic rings. The highest BCUT2D eigenvalue weighted by atomic mass is 16.5. The van der Waals surface area contributed by atoms with Crippen LogP contribution in [0, 0.1) is 0 Å². The average Bonchev–Trinajstić information content (AvgIpc) is 2.42. The van der Waals surface area contributed by atoms with Crippen LogP contribution in [0.2, 0.25) is 6.32 Å². The predicted octanol–water partition coefficient (Wildman–Crippen LogP) is 0.752. The summed E-state index contributed by atoms with van der Waals surface area (Å²) >= 11 is 0. The molecule has 1 saturated carbocycles. The second-order valence-electron chi connectivity index (χ2n) is 1.86. The van der Waals surface area contributed by atoms with E-state index in [1.165, 1.54) is 12.8 Å². The first-order valence-electron chi connectivity index (χ1n) is 2.75. The maximum atomic E-state index is 5.18. The zero-order valence-electron chi connectivity index (χ0n) is 4.39. The van der Waals surface area contributed by atoms with Crippen LogP contribution in [0.5, 0.6) is 0 Å². The highest BCUT2D eigenvalue weighted by Gasteiger charge is 2.20. The molecule has 0 aromatic heterocycles. The molecule has 2 heteroatoms. The second kappa shape index (κ2) is 2.36. The normalized spacial score (nSPS) is 20.0. The third-order valence-corrected chi connectivity index (χ3v) is 0.996. The van der Waals surface area contributed by atoms with Gasteiger partial charge in [-0.3, -0.25) is 0 Å². The molecule has 1 aliphatic carbocycles. The number of ether oxygens (including phenoxy) is 1. The minimum atomic E-state index is 0.573. The minimum absolute atomic E-state index is 0.573. The van der Waals surface area contributed by atoms with E-state index in [1.54, 1.807) is 0 Å². The molecule has 0 heterocycles. The average molecular weight is 95.9 g/mol. The number of hydrogen-bond acceptors (Lipinski definition) is 1. The maximum Gasteiger partial charge on any atom is 0.0684 e. The Morgan fingerprint density at radius 3 is 2.71 bits per heavy atom. The SMILES string of the molecule is [B]CCOC1CC1. The summed E-state index contributed by atoms with van der Waals surface area (Å²) in [5, 5.41) is 0. The first-order valence-corrected chi connectivity index (χ1v) is 2.75. The van der Waals surface area contributed by atoms with Crippen molar-refractivity contribution in [1.82, 2.24) is 0 Å². The van der Waals surface area contributed by atoms with E-state index in [-0.39, 0.29) is 0 Å². The summed E-state index contributed by atoms with van der Waals surface area (Å²) < 4.78 is 5.18. The molecule has 2 radical (unpaired) electrons. The van der Waals surface area contributed by atoms with Crippen LogP contribution in [-0.2, 0) is 4.74 Å². The highest BCUT2D eigenvalue weighted by Crippen LogP contribution is 2.23. The Hall–Kier alpha value is 0.0249. The lowest BCUT2D eigenvalue weighted by Crippen LogP contribution is -1.93. The molecule has 0 aromatic carbocycles. The summed E-state index contributed by atoms with van der Waals surface area (Å²) in [5.41, 5.74) is 0. The fourth-order valence-corrected chi connectivity index (χ4v) is 0.469. The number of hydrogen-bond donors (Lipinski definition) is 0. The lowest BCUT2D eigenvalue weighted by molar-refractivity contribution is 0.133. The molecule has 7 heavy (non-hydrogen) atoms. The quantitative estimate of drug-likeness (QED) is 0.471. The lowest BCUT2D eigenvalue weighted by Gasteiger charge is -1.94. The maximum absolute atomic E-state index is 5.18. The molecule has 38 valence electrons. The van der Waals surface area contributed by atoms with Crippen LogP contribution in [0.15, 0.2) is 0 Å². The Morgan fingerprint density at radius 1 is 1.57 bits per heavy atom. The molecule has 1 rings (SSSR count). The van der Waals surface area contributed by atoms with E-state index in [0.29, 0.717) is 12.4 Å². The van der Waals surface area contributed by atoms with E-state index in [4.69, 9.17) is 12.6 Å². The Labute approximate surface area is 45.5 Å². The van der Waals surface area contributed by atoms with Crippen molar-refractivity contribution in [3.8, 4) is 0 Å². The van der Waals surface area contributed by atoms with Crippen molar-refractivity contribution in [2.75, 3.05) is 6.61 Å². The van der Waals surface area contributed by atoms with E-state index < -0.39 is 0 Å². The minimum Gasteiger partial charge on any atom is -0.379 e. The molecular formula is C5H9BO. The molecule has 0 N–H and O–H groups in total. The van der Waals surface area contributed by atoms with Gasteiger partial charge in [-0.1, -0.05) is 6.32 Å². The van der Waals surface area contributed by atoms with Gasteiger partial charge in [-0.25, -0.2) is 0 Å². The smallest absolute Gasteiger partial charge is 0.0684 e. The van der Waals surface area contributed by atoms with Crippen molar-refractivity contribution >= 4 is 7.85 Å². The summed E-state index contributed by atoms with van der Waals surface area (Å²) in [4.78, 5) is 0. The van der Waals surface area contributed by atoms with Crippen molar-refractivity contribution < 1.29 is 4.74 Å². The van der Waals surface area contributed by atoms with Crippen molar-refractivity contribution in [1.29, 1.82) is 0 Å². The van der Waals surface area contributed by atoms with Crippen LogP contribution in [-0.4, -0.2) is 20.6 Å². The van der Waals surface area contributed by atoms with Crippen molar-refractivity contribution in [3.63, 3.8) is 0 Å². The van der Waals surface area contributed by atoms with Crippen molar-refractivity contribution in [2.45, 2.75) is 25.3 Å². The Balaban J connectivity index is 1.80. The summed E-state index contributed by atoms with van der Waals surface area (Å²) in [7, 11) is 5.18. The van der Waals surface area contributed by atoms with E-state index >= 15 is 0 Å². The molecule has 0 amide bonds. The van der Waals surface area contributed by atoms with Gasteiger partial charge in [0.1, 0.15) is 0 Å². The van der Waals surface area contributed by atoms with Crippen molar-refractivity contribution in [2.24, 2.45) is 0 Å². The fourth-order valence-electron chi connectivity index (χ4n) is 0.469. The van der Waals surface area contributed by atoms with Gasteiger partial charge in [-0.05, 0) is 12.8 Å². The first-order chi connectivity index (χ1) is 3.43. The fraction of sp³-hybridized carbons (Fsp3) is 1.00. The van der Waals surface area contributed by atoms with Gasteiger partial charge in [0, 0.05) is 6.61 Å². The molecule has 0 saturated heterocycles. The van der Waals surface area contributed by atoms with E-state index in [1.807, 2.05) is 0 Å². The zero-order chi connectivity index (χ0) is 5.11. The monoisotopic (exact) mass is 96.1 g/mol. The van der Waals surface area contributed by atoms with Gasteiger partial charge in [0.25, 0.3) is 0 Å². The van der Waals surface area contributed by atoms with Crippen LogP contribution < -0.4 is 0 Å². The van der Waals surface area contributed by atoms with E-state index in [2.05, 4.69) is 0 Å². The van der Waals surface area contributed by atoms with Crippen LogP contribution in [0.1, 0.15) is 12.8 Å². The van der Waals surface area contributed by atoms with Gasteiger partial charge < -0.3 is 4.74 Å². The summed E-state index contributed by atoms with van der Waals surface area (Å²) in [6, 6.07) is 0. The topological polar surface area (TPSA) is 9.23 Å². The van der Waals surface area contributed by atoms with Crippen LogP contribution >= 0.6 is 0 Å². The van der Waals surface area contributed by atoms with Crippen LogP contribution in [0.25, 0.3) is 0 Å². The molecule has 0 aromatic rings. The predicted molar refractivity (Wildman–Crippen MR) is 29.5 cm³/mol. The van der Waals surface area contributed by atoms with E-state index in [0.717, 1.165) is 6.61 Å². The molecule has 0 bridgehead atoms. The van der Waals surface area contributed by atoms with Gasteiger partial charge in [0.05, 0.1) is 14.0 Å². The highest BCUT2D eigenvalue weighted by molar-refractivity contribution is 6.08. The third kappa shape index (κ3) is 1.98. The Bertz CT molecular complexity index is 52.0. The standard InChI is InChI=1S/C5H9BO/c6-3-4-7-5-1-2-5/h5H,1-4H2. The first kappa shape index (κ1) is 5.17. The van der Waals surface area contributed by atoms with Crippen LogP contribution in [0.3, 0.4) is 0 Å². The van der Waals surface area contributed by atoms with Gasteiger partial charge in [-0.2, -0.15) is 0 Å². The van der Waals surface area contributed by atoms with Gasteiger partial charge >= 0.3 is 0 Å². The lowest BCUT2D eigenvalue weighted by atomic mass is 10.1. The number of rotatable bonds is 3. The molecular weight excluding hydrogens is 86.9 g/mol. The third-order valence-electron chi connectivity index (χ3n) is 0.996. The Kier molecular flexibility index (Phi) is 1.74. The molecule has 0 unspecified atom stereocenters. The zero-order valence-corrected chi connectivity index (χ0v) is 4.39. The van der Waals surface area contributed by atoms with Gasteiger partial charge in [-0.15, -0.1) is 0 Å². The van der Waals surface area contributed by atoms with Crippen LogP contribution in [0.4, 0.5) is 0 Å². The summed E-state index contributed by atoms with van der Waals surface area (Å²) in [6.07, 6.45) is 3.74. The van der Waals surface area contributed by atoms with Gasteiger partial charge in [0.15, 0.2) is 0 Å².